The molecule has 5 heteroatoms. The molecule has 19 heavy (non-hydrogen) atoms. The van der Waals surface area contributed by atoms with E-state index in [0.717, 1.165) is 31.6 Å². The first-order valence-corrected chi connectivity index (χ1v) is 7.52. The highest BCUT2D eigenvalue weighted by Crippen LogP contribution is 2.26. The summed E-state index contributed by atoms with van der Waals surface area (Å²) >= 11 is 1.22. The first-order chi connectivity index (χ1) is 9.31. The van der Waals surface area contributed by atoms with Crippen LogP contribution in [-0.4, -0.2) is 40.4 Å². The summed E-state index contributed by atoms with van der Waals surface area (Å²) in [6.07, 6.45) is 9.78. The van der Waals surface area contributed by atoms with Crippen LogP contribution in [0.1, 0.15) is 31.9 Å². The van der Waals surface area contributed by atoms with Crippen LogP contribution >= 0.6 is 11.7 Å². The standard InChI is InChI=1S/C14H21N3OS/c1-3-4-5-6-10-18-14-13(15-19-16-14)12-8-7-9-17(2)11-12/h5-6,8H,3-4,7,9-11H2,1-2H3/b6-5-. The highest BCUT2D eigenvalue weighted by Gasteiger charge is 2.18. The molecule has 0 aliphatic carbocycles. The maximum absolute atomic E-state index is 5.70. The van der Waals surface area contributed by atoms with E-state index < -0.39 is 0 Å². The van der Waals surface area contributed by atoms with Gasteiger partial charge in [-0.1, -0.05) is 31.6 Å². The Morgan fingerprint density at radius 3 is 3.11 bits per heavy atom. The van der Waals surface area contributed by atoms with Crippen LogP contribution in [0.4, 0.5) is 0 Å². The molecule has 4 nitrogen and oxygen atoms in total. The summed E-state index contributed by atoms with van der Waals surface area (Å²) < 4.78 is 14.3. The molecule has 0 fully saturated rings. The molecule has 0 saturated carbocycles. The van der Waals surface area contributed by atoms with E-state index in [9.17, 15) is 0 Å². The van der Waals surface area contributed by atoms with E-state index >= 15 is 0 Å². The van der Waals surface area contributed by atoms with Crippen LogP contribution in [0, 0.1) is 0 Å². The molecule has 0 amide bonds. The van der Waals surface area contributed by atoms with Crippen molar-refractivity contribution in [3.8, 4) is 5.88 Å². The second-order valence-electron chi connectivity index (χ2n) is 4.74. The van der Waals surface area contributed by atoms with Gasteiger partial charge in [-0.3, -0.25) is 0 Å². The van der Waals surface area contributed by atoms with Crippen LogP contribution < -0.4 is 4.74 Å². The molecule has 0 N–H and O–H groups in total. The van der Waals surface area contributed by atoms with Gasteiger partial charge in [0.1, 0.15) is 12.3 Å². The molecule has 0 spiro atoms. The Morgan fingerprint density at radius 1 is 1.42 bits per heavy atom. The Kier molecular flexibility index (Phi) is 5.54. The van der Waals surface area contributed by atoms with Gasteiger partial charge in [0.15, 0.2) is 0 Å². The monoisotopic (exact) mass is 279 g/mol. The summed E-state index contributed by atoms with van der Waals surface area (Å²) in [7, 11) is 2.13. The number of hydrogen-bond acceptors (Lipinski definition) is 5. The number of nitrogens with zero attached hydrogens (tertiary/aromatic N) is 3. The van der Waals surface area contributed by atoms with Gasteiger partial charge in [0.05, 0.1) is 11.7 Å². The van der Waals surface area contributed by atoms with Gasteiger partial charge in [-0.05, 0) is 25.5 Å². The maximum atomic E-state index is 5.70. The highest BCUT2D eigenvalue weighted by molar-refractivity contribution is 6.99. The van der Waals surface area contributed by atoms with Gasteiger partial charge in [-0.2, -0.15) is 4.37 Å². The number of unbranched alkanes of at least 4 members (excludes halogenated alkanes) is 1. The smallest absolute Gasteiger partial charge is 0.253 e. The summed E-state index contributed by atoms with van der Waals surface area (Å²) in [4.78, 5) is 2.29. The van der Waals surface area contributed by atoms with Crippen molar-refractivity contribution in [2.24, 2.45) is 0 Å². The maximum Gasteiger partial charge on any atom is 0.253 e. The lowest BCUT2D eigenvalue weighted by atomic mass is 10.1. The van der Waals surface area contributed by atoms with Crippen LogP contribution in [0.2, 0.25) is 0 Å². The SMILES string of the molecule is CCC/C=C\COc1nsnc1C1=CCCN(C)C1. The van der Waals surface area contributed by atoms with E-state index in [2.05, 4.69) is 39.8 Å². The van der Waals surface area contributed by atoms with E-state index in [1.807, 2.05) is 6.08 Å². The Bertz CT molecular complexity index is 453. The summed E-state index contributed by atoms with van der Waals surface area (Å²) in [6, 6.07) is 0. The summed E-state index contributed by atoms with van der Waals surface area (Å²) in [5.41, 5.74) is 2.15. The number of likely N-dealkylation sites (N-methyl/N-ethyl adjacent to an activating group) is 1. The predicted octanol–water partition coefficient (Wildman–Crippen LogP) is 2.99. The molecule has 1 aromatic rings. The van der Waals surface area contributed by atoms with Crippen molar-refractivity contribution in [1.29, 1.82) is 0 Å². The number of rotatable bonds is 6. The fourth-order valence-corrected chi connectivity index (χ4v) is 2.55. The van der Waals surface area contributed by atoms with E-state index in [-0.39, 0.29) is 0 Å². The van der Waals surface area contributed by atoms with Gasteiger partial charge in [-0.15, -0.1) is 4.37 Å². The molecule has 2 heterocycles. The van der Waals surface area contributed by atoms with Crippen molar-refractivity contribution in [3.05, 3.63) is 23.9 Å². The zero-order valence-electron chi connectivity index (χ0n) is 11.6. The third-order valence-electron chi connectivity index (χ3n) is 3.04. The normalized spacial score (nSPS) is 16.8. The molecular weight excluding hydrogens is 258 g/mol. The van der Waals surface area contributed by atoms with Crippen molar-refractivity contribution >= 4 is 17.3 Å². The molecule has 0 saturated heterocycles. The summed E-state index contributed by atoms with van der Waals surface area (Å²) in [5.74, 6) is 0.674. The molecule has 0 unspecified atom stereocenters. The zero-order chi connectivity index (χ0) is 13.5. The molecule has 1 aliphatic heterocycles. The van der Waals surface area contributed by atoms with E-state index in [1.165, 1.54) is 23.7 Å². The molecule has 104 valence electrons. The average molecular weight is 279 g/mol. The van der Waals surface area contributed by atoms with Crippen molar-refractivity contribution in [2.75, 3.05) is 26.7 Å². The van der Waals surface area contributed by atoms with Crippen molar-refractivity contribution in [3.63, 3.8) is 0 Å². The van der Waals surface area contributed by atoms with Crippen LogP contribution in [-0.2, 0) is 0 Å². The van der Waals surface area contributed by atoms with Gasteiger partial charge in [0.2, 0.25) is 0 Å². The number of hydrogen-bond donors (Lipinski definition) is 0. The topological polar surface area (TPSA) is 38.3 Å². The molecule has 0 aromatic carbocycles. The van der Waals surface area contributed by atoms with Gasteiger partial charge in [0, 0.05) is 13.1 Å². The lowest BCUT2D eigenvalue weighted by Gasteiger charge is -2.21. The number of aromatic nitrogens is 2. The van der Waals surface area contributed by atoms with Crippen LogP contribution in [0.25, 0.3) is 5.57 Å². The van der Waals surface area contributed by atoms with Crippen LogP contribution in [0.5, 0.6) is 5.88 Å². The number of ether oxygens (including phenoxy) is 1. The quantitative estimate of drug-likeness (QED) is 0.750. The molecule has 0 atom stereocenters. The first-order valence-electron chi connectivity index (χ1n) is 6.79. The zero-order valence-corrected chi connectivity index (χ0v) is 12.4. The van der Waals surface area contributed by atoms with Crippen molar-refractivity contribution in [2.45, 2.75) is 26.2 Å². The molecule has 0 radical (unpaired) electrons. The minimum atomic E-state index is 0.571. The van der Waals surface area contributed by atoms with Crippen molar-refractivity contribution in [1.82, 2.24) is 13.6 Å². The Labute approximate surface area is 119 Å². The minimum absolute atomic E-state index is 0.571. The molecule has 0 bridgehead atoms. The Morgan fingerprint density at radius 2 is 2.32 bits per heavy atom. The van der Waals surface area contributed by atoms with E-state index in [0.29, 0.717) is 12.5 Å². The van der Waals surface area contributed by atoms with Gasteiger partial charge < -0.3 is 9.64 Å². The lowest BCUT2D eigenvalue weighted by molar-refractivity contribution is 0.346. The minimum Gasteiger partial charge on any atom is -0.471 e. The summed E-state index contributed by atoms with van der Waals surface area (Å²) in [6.45, 7) is 4.77. The first kappa shape index (κ1) is 14.2. The summed E-state index contributed by atoms with van der Waals surface area (Å²) in [5, 5.41) is 0. The predicted molar refractivity (Wildman–Crippen MR) is 79.5 cm³/mol. The van der Waals surface area contributed by atoms with Gasteiger partial charge in [-0.25, -0.2) is 0 Å². The third kappa shape index (κ3) is 4.14. The largest absolute Gasteiger partial charge is 0.471 e. The lowest BCUT2D eigenvalue weighted by Crippen LogP contribution is -2.25. The average Bonchev–Trinajstić information content (AvgIpc) is 2.87. The Balaban J connectivity index is 1.96. The highest BCUT2D eigenvalue weighted by atomic mass is 32.1. The van der Waals surface area contributed by atoms with Crippen LogP contribution in [0.3, 0.4) is 0 Å². The molecule has 2 rings (SSSR count). The van der Waals surface area contributed by atoms with E-state index in [4.69, 9.17) is 4.74 Å². The molecule has 1 aliphatic rings. The van der Waals surface area contributed by atoms with Crippen LogP contribution in [0.15, 0.2) is 18.2 Å². The van der Waals surface area contributed by atoms with E-state index in [1.54, 1.807) is 0 Å². The second kappa shape index (κ2) is 7.40. The molecular formula is C14H21N3OS. The van der Waals surface area contributed by atoms with Gasteiger partial charge >= 0.3 is 0 Å². The fourth-order valence-electron chi connectivity index (χ4n) is 2.02. The second-order valence-corrected chi connectivity index (χ2v) is 5.27. The number of allylic oxidation sites excluding steroid dienone is 1. The fraction of sp³-hybridized carbons (Fsp3) is 0.571. The molecule has 1 aromatic heterocycles. The third-order valence-corrected chi connectivity index (χ3v) is 3.55. The van der Waals surface area contributed by atoms with Gasteiger partial charge in [0.25, 0.3) is 5.88 Å². The van der Waals surface area contributed by atoms with Crippen molar-refractivity contribution < 1.29 is 4.74 Å². The Hall–Kier alpha value is -1.20.